The second kappa shape index (κ2) is 9.41. The molecule has 0 unspecified atom stereocenters. The van der Waals surface area contributed by atoms with Gasteiger partial charge < -0.3 is 14.8 Å². The van der Waals surface area contributed by atoms with Gasteiger partial charge in [0.2, 0.25) is 5.96 Å². The zero-order chi connectivity index (χ0) is 14.8. The van der Waals surface area contributed by atoms with Crippen molar-refractivity contribution in [2.24, 2.45) is 10.8 Å². The van der Waals surface area contributed by atoms with Gasteiger partial charge in [0.1, 0.15) is 5.75 Å². The Kier molecular flexibility index (Phi) is 7.79. The van der Waals surface area contributed by atoms with Crippen molar-refractivity contribution in [3.63, 3.8) is 0 Å². The molecule has 1 aromatic rings. The molecule has 0 amide bonds. The summed E-state index contributed by atoms with van der Waals surface area (Å²) in [6.45, 7) is 1.78. The maximum atomic E-state index is 6.14. The van der Waals surface area contributed by atoms with Crippen LogP contribution in [0.2, 0.25) is 5.02 Å². The summed E-state index contributed by atoms with van der Waals surface area (Å²) in [5.74, 6) is 6.63. The minimum atomic E-state index is 0.375. The van der Waals surface area contributed by atoms with Crippen molar-refractivity contribution in [1.82, 2.24) is 10.7 Å². The van der Waals surface area contributed by atoms with Crippen LogP contribution in [-0.2, 0) is 11.3 Å². The number of halogens is 1. The molecule has 0 saturated heterocycles. The SMILES string of the molecule is COCCCNC(=NCc1c(Cl)cccc1OC)NN. The number of hydrogen-bond donors (Lipinski definition) is 3. The van der Waals surface area contributed by atoms with E-state index in [1.54, 1.807) is 20.3 Å². The number of aliphatic imine (C=N–C) groups is 1. The number of nitrogens with two attached hydrogens (primary N) is 1. The molecule has 0 radical (unpaired) electrons. The Bertz CT molecular complexity index is 440. The van der Waals surface area contributed by atoms with Crippen molar-refractivity contribution >= 4 is 17.6 Å². The van der Waals surface area contributed by atoms with E-state index in [4.69, 9.17) is 26.9 Å². The highest BCUT2D eigenvalue weighted by Gasteiger charge is 2.07. The summed E-state index contributed by atoms with van der Waals surface area (Å²) >= 11 is 6.14. The summed E-state index contributed by atoms with van der Waals surface area (Å²) in [5.41, 5.74) is 3.34. The molecular weight excluding hydrogens is 280 g/mol. The smallest absolute Gasteiger partial charge is 0.206 e. The number of hydrazine groups is 1. The summed E-state index contributed by atoms with van der Waals surface area (Å²) in [6, 6.07) is 5.48. The molecule has 0 fully saturated rings. The van der Waals surface area contributed by atoms with Crippen LogP contribution in [0, 0.1) is 0 Å². The molecule has 0 bridgehead atoms. The van der Waals surface area contributed by atoms with Crippen molar-refractivity contribution < 1.29 is 9.47 Å². The molecule has 0 aliphatic carbocycles. The summed E-state index contributed by atoms with van der Waals surface area (Å²) in [6.07, 6.45) is 0.868. The predicted molar refractivity (Wildman–Crippen MR) is 81.0 cm³/mol. The Morgan fingerprint density at radius 2 is 2.20 bits per heavy atom. The Labute approximate surface area is 124 Å². The van der Waals surface area contributed by atoms with E-state index < -0.39 is 0 Å². The monoisotopic (exact) mass is 300 g/mol. The molecule has 0 aliphatic heterocycles. The molecule has 20 heavy (non-hydrogen) atoms. The van der Waals surface area contributed by atoms with Gasteiger partial charge in [0.15, 0.2) is 0 Å². The number of nitrogens with one attached hydrogen (secondary N) is 2. The van der Waals surface area contributed by atoms with Gasteiger partial charge in [0.25, 0.3) is 0 Å². The second-order valence-electron chi connectivity index (χ2n) is 4.00. The van der Waals surface area contributed by atoms with Crippen LogP contribution in [0.15, 0.2) is 23.2 Å². The molecule has 0 spiro atoms. The maximum absolute atomic E-state index is 6.14. The first-order chi connectivity index (χ1) is 9.72. The Morgan fingerprint density at radius 1 is 1.40 bits per heavy atom. The van der Waals surface area contributed by atoms with Crippen molar-refractivity contribution in [3.05, 3.63) is 28.8 Å². The molecule has 4 N–H and O–H groups in total. The van der Waals surface area contributed by atoms with Crippen LogP contribution in [0.4, 0.5) is 0 Å². The van der Waals surface area contributed by atoms with Crippen LogP contribution < -0.4 is 21.3 Å². The molecule has 7 heteroatoms. The zero-order valence-electron chi connectivity index (χ0n) is 11.8. The van der Waals surface area contributed by atoms with E-state index in [1.165, 1.54) is 0 Å². The predicted octanol–water partition coefficient (Wildman–Crippen LogP) is 1.29. The van der Waals surface area contributed by atoms with Gasteiger partial charge in [-0.05, 0) is 18.6 Å². The second-order valence-corrected chi connectivity index (χ2v) is 4.41. The van der Waals surface area contributed by atoms with E-state index in [0.717, 1.165) is 18.5 Å². The van der Waals surface area contributed by atoms with Crippen LogP contribution in [0.1, 0.15) is 12.0 Å². The Balaban J connectivity index is 2.64. The highest BCUT2D eigenvalue weighted by atomic mass is 35.5. The van der Waals surface area contributed by atoms with Crippen LogP contribution >= 0.6 is 11.6 Å². The van der Waals surface area contributed by atoms with Gasteiger partial charge >= 0.3 is 0 Å². The third kappa shape index (κ3) is 5.24. The fourth-order valence-electron chi connectivity index (χ4n) is 1.62. The number of benzene rings is 1. The number of guanidine groups is 1. The highest BCUT2D eigenvalue weighted by molar-refractivity contribution is 6.31. The van der Waals surface area contributed by atoms with Crippen molar-refractivity contribution in [1.29, 1.82) is 0 Å². The molecule has 1 rings (SSSR count). The number of rotatable bonds is 7. The van der Waals surface area contributed by atoms with Crippen LogP contribution in [-0.4, -0.2) is 33.3 Å². The Hall–Kier alpha value is -1.50. The number of hydrogen-bond acceptors (Lipinski definition) is 4. The summed E-state index contributed by atoms with van der Waals surface area (Å²) < 4.78 is 10.2. The fourth-order valence-corrected chi connectivity index (χ4v) is 1.84. The number of nitrogens with zero attached hydrogens (tertiary/aromatic N) is 1. The summed E-state index contributed by atoms with van der Waals surface area (Å²) in [5, 5.41) is 3.70. The lowest BCUT2D eigenvalue weighted by Gasteiger charge is -2.11. The molecule has 1 aromatic carbocycles. The van der Waals surface area contributed by atoms with E-state index in [1.807, 2.05) is 12.1 Å². The highest BCUT2D eigenvalue weighted by Crippen LogP contribution is 2.26. The standard InChI is InChI=1S/C13H21ClN4O2/c1-19-8-4-7-16-13(18-15)17-9-10-11(14)5-3-6-12(10)20-2/h3,5-6H,4,7-9,15H2,1-2H3,(H2,16,17,18). The van der Waals surface area contributed by atoms with E-state index >= 15 is 0 Å². The van der Waals surface area contributed by atoms with Crippen LogP contribution in [0.3, 0.4) is 0 Å². The third-order valence-electron chi connectivity index (χ3n) is 2.65. The van der Waals surface area contributed by atoms with Crippen molar-refractivity contribution in [3.8, 4) is 5.75 Å². The lowest BCUT2D eigenvalue weighted by Crippen LogP contribution is -2.42. The van der Waals surface area contributed by atoms with E-state index in [-0.39, 0.29) is 0 Å². The minimum Gasteiger partial charge on any atom is -0.496 e. The molecule has 0 heterocycles. The first kappa shape index (κ1) is 16.6. The van der Waals surface area contributed by atoms with Crippen LogP contribution in [0.25, 0.3) is 0 Å². The molecule has 112 valence electrons. The zero-order valence-corrected chi connectivity index (χ0v) is 12.5. The van der Waals surface area contributed by atoms with E-state index in [2.05, 4.69) is 15.7 Å². The molecule has 0 aromatic heterocycles. The molecule has 6 nitrogen and oxygen atoms in total. The van der Waals surface area contributed by atoms with Gasteiger partial charge in [-0.15, -0.1) is 0 Å². The van der Waals surface area contributed by atoms with Crippen LogP contribution in [0.5, 0.6) is 5.75 Å². The third-order valence-corrected chi connectivity index (χ3v) is 3.00. The minimum absolute atomic E-state index is 0.375. The quantitative estimate of drug-likeness (QED) is 0.232. The van der Waals surface area contributed by atoms with Gasteiger partial charge in [-0.2, -0.15) is 0 Å². The average molecular weight is 301 g/mol. The van der Waals surface area contributed by atoms with Gasteiger partial charge in [0, 0.05) is 30.8 Å². The van der Waals surface area contributed by atoms with Gasteiger partial charge in [-0.3, -0.25) is 5.43 Å². The van der Waals surface area contributed by atoms with Gasteiger partial charge in [0.05, 0.1) is 13.7 Å². The lowest BCUT2D eigenvalue weighted by molar-refractivity contribution is 0.195. The van der Waals surface area contributed by atoms with Crippen molar-refractivity contribution in [2.45, 2.75) is 13.0 Å². The molecule has 0 atom stereocenters. The first-order valence-electron chi connectivity index (χ1n) is 6.28. The van der Waals surface area contributed by atoms with Gasteiger partial charge in [-0.1, -0.05) is 17.7 Å². The van der Waals surface area contributed by atoms with E-state index in [9.17, 15) is 0 Å². The number of ether oxygens (including phenoxy) is 2. The molecule has 0 saturated carbocycles. The number of methoxy groups -OCH3 is 2. The molecule has 0 aliphatic rings. The molecular formula is C13H21ClN4O2. The Morgan fingerprint density at radius 3 is 2.85 bits per heavy atom. The normalized spacial score (nSPS) is 11.3. The summed E-state index contributed by atoms with van der Waals surface area (Å²) in [7, 11) is 3.27. The first-order valence-corrected chi connectivity index (χ1v) is 6.66. The lowest BCUT2D eigenvalue weighted by atomic mass is 10.2. The fraction of sp³-hybridized carbons (Fsp3) is 0.462. The topological polar surface area (TPSA) is 80.9 Å². The largest absolute Gasteiger partial charge is 0.496 e. The average Bonchev–Trinajstić information content (AvgIpc) is 2.47. The maximum Gasteiger partial charge on any atom is 0.206 e. The van der Waals surface area contributed by atoms with Gasteiger partial charge in [-0.25, -0.2) is 10.8 Å². The van der Waals surface area contributed by atoms with Crippen molar-refractivity contribution in [2.75, 3.05) is 27.4 Å². The van der Waals surface area contributed by atoms with E-state index in [0.29, 0.717) is 29.9 Å². The summed E-state index contributed by atoms with van der Waals surface area (Å²) in [4.78, 5) is 4.34.